The molecule has 9 nitrogen and oxygen atoms in total. The second-order valence-corrected chi connectivity index (χ2v) is 9.26. The van der Waals surface area contributed by atoms with E-state index in [4.69, 9.17) is 16.7 Å². The molecular weight excluding hydrogens is 454 g/mol. The number of halogens is 1. The minimum Gasteiger partial charge on any atom is -0.394 e. The molecule has 3 heterocycles. The van der Waals surface area contributed by atoms with E-state index in [0.29, 0.717) is 43.1 Å². The highest BCUT2D eigenvalue weighted by atomic mass is 35.5. The van der Waals surface area contributed by atoms with Crippen LogP contribution in [0, 0.1) is 5.92 Å². The molecule has 180 valence electrons. The molecule has 4 rings (SSSR count). The first-order valence-electron chi connectivity index (χ1n) is 11.4. The molecule has 0 radical (unpaired) electrons. The molecule has 1 saturated heterocycles. The fourth-order valence-electron chi connectivity index (χ4n) is 4.00. The van der Waals surface area contributed by atoms with Crippen LogP contribution >= 0.6 is 11.6 Å². The van der Waals surface area contributed by atoms with Gasteiger partial charge in [-0.25, -0.2) is 9.97 Å². The minimum absolute atomic E-state index is 0.0202. The molecule has 2 N–H and O–H groups in total. The third-order valence-corrected chi connectivity index (χ3v) is 5.96. The van der Waals surface area contributed by atoms with Crippen molar-refractivity contribution in [3.63, 3.8) is 0 Å². The number of nitrogens with zero attached hydrogens (tertiary/aromatic N) is 6. The molecule has 3 aromatic rings. The zero-order chi connectivity index (χ0) is 24.1. The smallest absolute Gasteiger partial charge is 0.237 e. The van der Waals surface area contributed by atoms with Crippen molar-refractivity contribution in [3.05, 3.63) is 53.4 Å². The molecule has 1 aromatic carbocycles. The van der Waals surface area contributed by atoms with E-state index in [1.807, 2.05) is 29.2 Å². The van der Waals surface area contributed by atoms with Crippen molar-refractivity contribution in [1.82, 2.24) is 29.5 Å². The van der Waals surface area contributed by atoms with E-state index < -0.39 is 0 Å². The molecule has 0 atom stereocenters. The topological polar surface area (TPSA) is 99.4 Å². The van der Waals surface area contributed by atoms with Crippen molar-refractivity contribution in [2.24, 2.45) is 5.92 Å². The van der Waals surface area contributed by atoms with Crippen LogP contribution in [0.1, 0.15) is 19.4 Å². The number of nitrogens with one attached hydrogen (secondary N) is 1. The Morgan fingerprint density at radius 2 is 2.09 bits per heavy atom. The average Bonchev–Trinajstić information content (AvgIpc) is 3.23. The Morgan fingerprint density at radius 1 is 1.24 bits per heavy atom. The summed E-state index contributed by atoms with van der Waals surface area (Å²) < 4.78 is 1.64. The van der Waals surface area contributed by atoms with Gasteiger partial charge in [0.1, 0.15) is 0 Å². The minimum atomic E-state index is 0.0202. The monoisotopic (exact) mass is 483 g/mol. The van der Waals surface area contributed by atoms with Crippen molar-refractivity contribution in [2.75, 3.05) is 38.1 Å². The van der Waals surface area contributed by atoms with Gasteiger partial charge in [0, 0.05) is 49.2 Å². The van der Waals surface area contributed by atoms with Gasteiger partial charge in [-0.2, -0.15) is 5.10 Å². The third kappa shape index (κ3) is 6.11. The summed E-state index contributed by atoms with van der Waals surface area (Å²) in [4.78, 5) is 25.6. The summed E-state index contributed by atoms with van der Waals surface area (Å²) in [5, 5.41) is 16.9. The summed E-state index contributed by atoms with van der Waals surface area (Å²) in [6.07, 6.45) is 5.11. The summed E-state index contributed by atoms with van der Waals surface area (Å²) in [6, 6.07) is 7.62. The van der Waals surface area contributed by atoms with Crippen LogP contribution < -0.4 is 5.32 Å². The normalized spacial score (nSPS) is 14.7. The lowest BCUT2D eigenvalue weighted by Crippen LogP contribution is -2.50. The number of benzene rings is 1. The second kappa shape index (κ2) is 10.9. The fraction of sp³-hybridized carbons (Fsp3) is 0.417. The van der Waals surface area contributed by atoms with Gasteiger partial charge in [0.15, 0.2) is 0 Å². The van der Waals surface area contributed by atoms with Crippen LogP contribution in [0.2, 0.25) is 5.02 Å². The number of anilines is 2. The molecule has 0 saturated carbocycles. The Hall–Kier alpha value is -3.01. The highest BCUT2D eigenvalue weighted by Gasteiger charge is 2.24. The van der Waals surface area contributed by atoms with Gasteiger partial charge in [0.05, 0.1) is 37.3 Å². The fourth-order valence-corrected chi connectivity index (χ4v) is 4.24. The maximum Gasteiger partial charge on any atom is 0.237 e. The molecule has 1 fully saturated rings. The lowest BCUT2D eigenvalue weighted by Gasteiger charge is -2.35. The van der Waals surface area contributed by atoms with E-state index >= 15 is 0 Å². The first kappa shape index (κ1) is 24.1. The lowest BCUT2D eigenvalue weighted by molar-refractivity contribution is -0.136. The van der Waals surface area contributed by atoms with Gasteiger partial charge < -0.3 is 15.3 Å². The summed E-state index contributed by atoms with van der Waals surface area (Å²) in [7, 11) is 0. The summed E-state index contributed by atoms with van der Waals surface area (Å²) in [5.74, 6) is 1.12. The number of aromatic nitrogens is 4. The quantitative estimate of drug-likeness (QED) is 0.482. The largest absolute Gasteiger partial charge is 0.394 e. The van der Waals surface area contributed by atoms with Gasteiger partial charge in [-0.1, -0.05) is 37.6 Å². The molecule has 1 aliphatic rings. The van der Waals surface area contributed by atoms with E-state index in [9.17, 15) is 4.79 Å². The predicted octanol–water partition coefficient (Wildman–Crippen LogP) is 3.03. The Balaban J connectivity index is 1.42. The number of piperazine rings is 1. The van der Waals surface area contributed by atoms with Crippen LogP contribution in [0.5, 0.6) is 0 Å². The second-order valence-electron chi connectivity index (χ2n) is 8.86. The van der Waals surface area contributed by atoms with E-state index in [0.717, 1.165) is 35.6 Å². The van der Waals surface area contributed by atoms with Gasteiger partial charge >= 0.3 is 0 Å². The summed E-state index contributed by atoms with van der Waals surface area (Å²) in [6.45, 7) is 8.28. The number of amides is 1. The first-order chi connectivity index (χ1) is 16.4. The molecular formula is C24H30ClN7O2. The van der Waals surface area contributed by atoms with Crippen LogP contribution in [-0.4, -0.2) is 73.3 Å². The third-order valence-electron chi connectivity index (χ3n) is 5.61. The van der Waals surface area contributed by atoms with E-state index in [-0.39, 0.29) is 12.5 Å². The molecule has 0 unspecified atom stereocenters. The standard InChI is InChI=1S/C24H30ClN7O2/c1-17(2)13-30-7-8-31(23(34)16-30)14-19-4-3-18(11-21(19)25)22-5-6-26-24(29-22)28-20-12-27-32(15-20)9-10-33/h3-6,11-12,15,17,33H,7-10,13-14,16H2,1-2H3,(H,26,28,29). The van der Waals surface area contributed by atoms with Crippen LogP contribution in [0.15, 0.2) is 42.9 Å². The Labute approximate surface area is 204 Å². The zero-order valence-electron chi connectivity index (χ0n) is 19.5. The van der Waals surface area contributed by atoms with Gasteiger partial charge in [0.2, 0.25) is 11.9 Å². The Kier molecular flexibility index (Phi) is 7.77. The molecule has 0 bridgehead atoms. The van der Waals surface area contributed by atoms with Gasteiger partial charge in [-0.15, -0.1) is 0 Å². The van der Waals surface area contributed by atoms with Gasteiger partial charge in [0.25, 0.3) is 0 Å². The average molecular weight is 484 g/mol. The number of carbonyl (C=O) groups excluding carboxylic acids is 1. The van der Waals surface area contributed by atoms with Crippen molar-refractivity contribution in [3.8, 4) is 11.3 Å². The summed E-state index contributed by atoms with van der Waals surface area (Å²) >= 11 is 6.61. The SMILES string of the molecule is CC(C)CN1CCN(Cc2ccc(-c3ccnc(Nc4cnn(CCO)c4)n3)cc2Cl)C(=O)C1. The maximum absolute atomic E-state index is 12.6. The lowest BCUT2D eigenvalue weighted by atomic mass is 10.1. The maximum atomic E-state index is 12.6. The van der Waals surface area contributed by atoms with Gasteiger partial charge in [-0.05, 0) is 23.6 Å². The molecule has 2 aromatic heterocycles. The molecule has 34 heavy (non-hydrogen) atoms. The molecule has 0 aliphatic carbocycles. The van der Waals surface area contributed by atoms with Crippen LogP contribution in [0.4, 0.5) is 11.6 Å². The van der Waals surface area contributed by atoms with Crippen LogP contribution in [0.25, 0.3) is 11.3 Å². The number of aliphatic hydroxyl groups excluding tert-OH is 1. The Morgan fingerprint density at radius 3 is 2.82 bits per heavy atom. The molecule has 10 heteroatoms. The molecule has 1 amide bonds. The van der Waals surface area contributed by atoms with E-state index in [2.05, 4.69) is 39.1 Å². The van der Waals surface area contributed by atoms with E-state index in [1.54, 1.807) is 23.3 Å². The first-order valence-corrected chi connectivity index (χ1v) is 11.8. The number of rotatable bonds is 9. The van der Waals surface area contributed by atoms with Crippen LogP contribution in [-0.2, 0) is 17.9 Å². The predicted molar refractivity (Wildman–Crippen MR) is 132 cm³/mol. The number of carbonyl (C=O) groups is 1. The molecule has 1 aliphatic heterocycles. The zero-order valence-corrected chi connectivity index (χ0v) is 20.2. The highest BCUT2D eigenvalue weighted by molar-refractivity contribution is 6.31. The number of hydrogen-bond donors (Lipinski definition) is 2. The van der Waals surface area contributed by atoms with Crippen molar-refractivity contribution >= 4 is 29.1 Å². The van der Waals surface area contributed by atoms with Gasteiger partial charge in [-0.3, -0.25) is 14.4 Å². The van der Waals surface area contributed by atoms with Crippen molar-refractivity contribution < 1.29 is 9.90 Å². The molecule has 0 spiro atoms. The summed E-state index contributed by atoms with van der Waals surface area (Å²) in [5.41, 5.74) is 3.24. The van der Waals surface area contributed by atoms with Crippen molar-refractivity contribution in [2.45, 2.75) is 26.9 Å². The number of hydrogen-bond acceptors (Lipinski definition) is 7. The van der Waals surface area contributed by atoms with Crippen LogP contribution in [0.3, 0.4) is 0 Å². The van der Waals surface area contributed by atoms with E-state index in [1.165, 1.54) is 0 Å². The number of aliphatic hydroxyl groups is 1. The Bertz CT molecular complexity index is 1130. The highest BCUT2D eigenvalue weighted by Crippen LogP contribution is 2.27. The van der Waals surface area contributed by atoms with Crippen molar-refractivity contribution in [1.29, 1.82) is 0 Å².